The Morgan fingerprint density at radius 1 is 1.17 bits per heavy atom. The lowest BCUT2D eigenvalue weighted by Gasteiger charge is -2.31. The molecule has 0 amide bonds. The van der Waals surface area contributed by atoms with E-state index in [-0.39, 0.29) is 18.3 Å². The number of hydrogen-bond acceptors (Lipinski definition) is 9. The average Bonchev–Trinajstić information content (AvgIpc) is 3.33. The van der Waals surface area contributed by atoms with E-state index in [0.717, 1.165) is 25.9 Å². The van der Waals surface area contributed by atoms with E-state index in [4.69, 9.17) is 25.7 Å². The van der Waals surface area contributed by atoms with Gasteiger partial charge < -0.3 is 25.7 Å². The maximum absolute atomic E-state index is 6.51. The molecule has 0 aromatic carbocycles. The number of hydrogen-bond donors (Lipinski definition) is 2. The molecule has 0 radical (unpaired) electrons. The molecule has 2 aliphatic heterocycles. The first-order valence-corrected chi connectivity index (χ1v) is 10.7. The van der Waals surface area contributed by atoms with Crippen molar-refractivity contribution in [1.29, 1.82) is 0 Å². The van der Waals surface area contributed by atoms with Crippen molar-refractivity contribution in [3.8, 4) is 0 Å². The van der Waals surface area contributed by atoms with E-state index in [1.165, 1.54) is 6.33 Å². The van der Waals surface area contributed by atoms with Crippen molar-refractivity contribution >= 4 is 17.0 Å². The maximum atomic E-state index is 6.51. The third kappa shape index (κ3) is 4.02. The number of nitrogen functional groups attached to an aromatic ring is 1. The summed E-state index contributed by atoms with van der Waals surface area (Å²) >= 11 is 0. The van der Waals surface area contributed by atoms with Gasteiger partial charge >= 0.3 is 0 Å². The largest absolute Gasteiger partial charge is 0.382 e. The second kappa shape index (κ2) is 8.35. The van der Waals surface area contributed by atoms with Crippen LogP contribution < -0.4 is 11.5 Å². The zero-order chi connectivity index (χ0) is 21.5. The molecule has 4 atom stereocenters. The third-order valence-electron chi connectivity index (χ3n) is 5.83. The molecule has 4 N–H and O–H groups in total. The zero-order valence-electron chi connectivity index (χ0n) is 18.2. The fraction of sp³-hybridized carbons (Fsp3) is 0.750. The Hall–Kier alpha value is -1.85. The molecule has 2 aromatic heterocycles. The van der Waals surface area contributed by atoms with Crippen LogP contribution in [0.5, 0.6) is 0 Å². The number of anilines is 1. The van der Waals surface area contributed by atoms with Crippen LogP contribution in [0.4, 0.5) is 5.82 Å². The fourth-order valence-corrected chi connectivity index (χ4v) is 4.34. The summed E-state index contributed by atoms with van der Waals surface area (Å²) in [6.45, 7) is 10.7. The molecule has 10 heteroatoms. The number of unbranched alkanes of at least 4 members (excludes halogenated alkanes) is 1. The van der Waals surface area contributed by atoms with Crippen LogP contribution in [-0.4, -0.2) is 74.2 Å². The van der Waals surface area contributed by atoms with Gasteiger partial charge in [0.2, 0.25) is 0 Å². The summed E-state index contributed by atoms with van der Waals surface area (Å²) in [5.74, 6) is -0.331. The van der Waals surface area contributed by atoms with Crippen molar-refractivity contribution < 1.29 is 14.2 Å². The summed E-state index contributed by atoms with van der Waals surface area (Å²) in [6.07, 6.45) is 4.21. The topological polar surface area (TPSA) is 127 Å². The molecule has 166 valence electrons. The summed E-state index contributed by atoms with van der Waals surface area (Å²) in [6, 6.07) is 0.390. The van der Waals surface area contributed by atoms with Gasteiger partial charge in [-0.1, -0.05) is 0 Å². The van der Waals surface area contributed by atoms with Gasteiger partial charge in [-0.3, -0.25) is 9.47 Å². The normalized spacial score (nSPS) is 28.1. The fourth-order valence-electron chi connectivity index (χ4n) is 4.34. The van der Waals surface area contributed by atoms with Gasteiger partial charge in [0, 0.05) is 12.6 Å². The third-order valence-corrected chi connectivity index (χ3v) is 5.83. The molecule has 4 heterocycles. The summed E-state index contributed by atoms with van der Waals surface area (Å²) in [5.41, 5.74) is 12.8. The highest BCUT2D eigenvalue weighted by Crippen LogP contribution is 2.44. The van der Waals surface area contributed by atoms with E-state index >= 15 is 0 Å². The molecule has 2 saturated heterocycles. The number of rotatable bonds is 8. The lowest BCUT2D eigenvalue weighted by atomic mass is 10.1. The Balaban J connectivity index is 1.59. The summed E-state index contributed by atoms with van der Waals surface area (Å²) in [4.78, 5) is 15.2. The second-order valence-corrected chi connectivity index (χ2v) is 8.80. The quantitative estimate of drug-likeness (QED) is 0.608. The summed E-state index contributed by atoms with van der Waals surface area (Å²) < 4.78 is 20.9. The highest BCUT2D eigenvalue weighted by Gasteiger charge is 2.56. The predicted molar refractivity (Wildman–Crippen MR) is 112 cm³/mol. The Morgan fingerprint density at radius 3 is 2.67 bits per heavy atom. The van der Waals surface area contributed by atoms with E-state index in [1.807, 2.05) is 18.4 Å². The smallest absolute Gasteiger partial charge is 0.167 e. The van der Waals surface area contributed by atoms with Crippen molar-refractivity contribution in [2.45, 2.75) is 76.9 Å². The van der Waals surface area contributed by atoms with E-state index in [0.29, 0.717) is 29.6 Å². The van der Waals surface area contributed by atoms with Crippen LogP contribution in [-0.2, 0) is 14.2 Å². The molecular formula is C20H33N7O3. The number of nitrogens with two attached hydrogens (primary N) is 2. The van der Waals surface area contributed by atoms with Crippen molar-refractivity contribution in [3.63, 3.8) is 0 Å². The number of imidazole rings is 1. The SMILES string of the molecule is CC(C)N(CCCCN)CC1OC(n2cnc3c(N)ncnc32)[C@@H]2OC(C)(C)O[C@@H]12. The average molecular weight is 420 g/mol. The van der Waals surface area contributed by atoms with E-state index in [1.54, 1.807) is 6.33 Å². The number of nitrogens with zero attached hydrogens (tertiary/aromatic N) is 5. The highest BCUT2D eigenvalue weighted by molar-refractivity contribution is 5.81. The highest BCUT2D eigenvalue weighted by atomic mass is 16.8. The molecule has 10 nitrogen and oxygen atoms in total. The van der Waals surface area contributed by atoms with Crippen molar-refractivity contribution in [2.75, 3.05) is 25.4 Å². The molecule has 30 heavy (non-hydrogen) atoms. The molecule has 0 spiro atoms. The van der Waals surface area contributed by atoms with Crippen LogP contribution in [0.2, 0.25) is 0 Å². The molecule has 2 aromatic rings. The van der Waals surface area contributed by atoms with E-state index < -0.39 is 12.0 Å². The molecule has 0 saturated carbocycles. The summed E-state index contributed by atoms with van der Waals surface area (Å²) in [7, 11) is 0. The Labute approximate surface area is 176 Å². The monoisotopic (exact) mass is 419 g/mol. The van der Waals surface area contributed by atoms with Crippen LogP contribution in [0.15, 0.2) is 12.7 Å². The number of ether oxygens (including phenoxy) is 3. The lowest BCUT2D eigenvalue weighted by Crippen LogP contribution is -2.43. The standard InChI is InChI=1S/C20H33N7O3/c1-12(2)26(8-6-5-7-21)9-13-15-16(30-20(3,4)29-15)19(28-13)27-11-25-14-17(22)23-10-24-18(14)27/h10-13,15-16,19H,5-9,21H2,1-4H3,(H2,22,23,24)/t13?,15-,16+,19?/m0/s1. The van der Waals surface area contributed by atoms with E-state index in [9.17, 15) is 0 Å². The predicted octanol–water partition coefficient (Wildman–Crippen LogP) is 1.28. The van der Waals surface area contributed by atoms with Crippen LogP contribution in [0.1, 0.15) is 46.8 Å². The van der Waals surface area contributed by atoms with Crippen LogP contribution in [0, 0.1) is 0 Å². The van der Waals surface area contributed by atoms with Crippen LogP contribution in [0.25, 0.3) is 11.2 Å². The Kier molecular flexibility index (Phi) is 5.95. The first-order chi connectivity index (χ1) is 14.3. The van der Waals surface area contributed by atoms with Gasteiger partial charge in [-0.25, -0.2) is 15.0 Å². The first-order valence-electron chi connectivity index (χ1n) is 10.7. The van der Waals surface area contributed by atoms with Gasteiger partial charge in [0.1, 0.15) is 30.2 Å². The molecule has 2 unspecified atom stereocenters. The minimum Gasteiger partial charge on any atom is -0.382 e. The minimum atomic E-state index is -0.678. The molecule has 0 aliphatic carbocycles. The zero-order valence-corrected chi connectivity index (χ0v) is 18.2. The lowest BCUT2D eigenvalue weighted by molar-refractivity contribution is -0.198. The molecular weight excluding hydrogens is 386 g/mol. The maximum Gasteiger partial charge on any atom is 0.167 e. The van der Waals surface area contributed by atoms with Gasteiger partial charge in [-0.2, -0.15) is 0 Å². The van der Waals surface area contributed by atoms with E-state index in [2.05, 4.69) is 33.7 Å². The van der Waals surface area contributed by atoms with Gasteiger partial charge in [0.25, 0.3) is 0 Å². The van der Waals surface area contributed by atoms with Crippen LogP contribution >= 0.6 is 0 Å². The van der Waals surface area contributed by atoms with Gasteiger partial charge in [0.05, 0.1) is 6.33 Å². The van der Waals surface area contributed by atoms with Crippen LogP contribution in [0.3, 0.4) is 0 Å². The van der Waals surface area contributed by atoms with Gasteiger partial charge in [0.15, 0.2) is 23.5 Å². The summed E-state index contributed by atoms with van der Waals surface area (Å²) in [5, 5.41) is 0. The minimum absolute atomic E-state index is 0.140. The number of fused-ring (bicyclic) bond motifs is 2. The molecule has 2 fully saturated rings. The molecule has 4 rings (SSSR count). The van der Waals surface area contributed by atoms with Crippen molar-refractivity contribution in [1.82, 2.24) is 24.4 Å². The van der Waals surface area contributed by atoms with Crippen molar-refractivity contribution in [2.24, 2.45) is 5.73 Å². The van der Waals surface area contributed by atoms with Gasteiger partial charge in [-0.15, -0.1) is 0 Å². The Morgan fingerprint density at radius 2 is 1.93 bits per heavy atom. The van der Waals surface area contributed by atoms with Crippen molar-refractivity contribution in [3.05, 3.63) is 12.7 Å². The molecule has 2 aliphatic rings. The molecule has 0 bridgehead atoms. The Bertz CT molecular complexity index is 871. The first kappa shape index (κ1) is 21.4. The second-order valence-electron chi connectivity index (χ2n) is 8.80. The number of aromatic nitrogens is 4. The van der Waals surface area contributed by atoms with Gasteiger partial charge in [-0.05, 0) is 53.6 Å².